The number of rotatable bonds is 19. The minimum absolute atomic E-state index is 0.00857. The molecule has 2 nitrogen and oxygen atoms in total. The van der Waals surface area contributed by atoms with Gasteiger partial charge >= 0.3 is 5.97 Å². The van der Waals surface area contributed by atoms with Crippen molar-refractivity contribution in [3.63, 3.8) is 0 Å². The van der Waals surface area contributed by atoms with E-state index in [1.807, 2.05) is 0 Å². The van der Waals surface area contributed by atoms with Crippen LogP contribution in [0.5, 0.6) is 0 Å². The van der Waals surface area contributed by atoms with Crippen LogP contribution in [0.4, 0.5) is 0 Å². The Kier molecular flexibility index (Phi) is 18.6. The Morgan fingerprint density at radius 3 is 2.05 bits per heavy atom. The minimum Gasteiger partial charge on any atom is -0.465 e. The van der Waals surface area contributed by atoms with Gasteiger partial charge in [-0.25, -0.2) is 0 Å². The lowest BCUT2D eigenvalue weighted by Crippen LogP contribution is -2.25. The van der Waals surface area contributed by atoms with Crippen LogP contribution in [0.1, 0.15) is 138 Å². The Hall–Kier alpha value is -2.09. The summed E-state index contributed by atoms with van der Waals surface area (Å²) in [7, 11) is 0. The van der Waals surface area contributed by atoms with Crippen molar-refractivity contribution >= 4 is 5.97 Å². The fraction of sp³-hybridized carbons (Fsp3) is 0.649. The van der Waals surface area contributed by atoms with Crippen molar-refractivity contribution in [2.24, 2.45) is 11.8 Å². The highest BCUT2D eigenvalue weighted by Gasteiger charge is 2.28. The summed E-state index contributed by atoms with van der Waals surface area (Å²) in [6.45, 7) is 20.2. The maximum absolute atomic E-state index is 12.9. The van der Waals surface area contributed by atoms with Gasteiger partial charge in [-0.05, 0) is 131 Å². The SMILES string of the molecule is C=C(CC/C=C(\C)CCC=C(C)C)CC[C@@H]1C=C(CC/C=C(\C)CCC=C(C)C)C[C@H](C(=O)OCCCC)C1. The monoisotopic (exact) mass is 536 g/mol. The standard InChI is InChI=1S/C37H60O2/c1-9-10-25-39-37(38)36-27-34(22-14-21-32(7)18-12-16-30(4)5)26-35(28-36)24-23-33(8)20-13-19-31(6)17-11-15-29(2)3/h15-16,19,21,26,35-36H,8-14,17-18,20,22-25,27-28H2,1-7H3/b31-19+,32-21+/t35-,36+/m1/s1. The highest BCUT2D eigenvalue weighted by atomic mass is 16.5. The first-order valence-electron chi connectivity index (χ1n) is 15.7. The van der Waals surface area contributed by atoms with Crippen LogP contribution in [0.15, 0.2) is 70.4 Å². The Morgan fingerprint density at radius 1 is 0.872 bits per heavy atom. The predicted molar refractivity (Wildman–Crippen MR) is 172 cm³/mol. The van der Waals surface area contributed by atoms with Gasteiger partial charge in [-0.1, -0.05) is 83.7 Å². The third-order valence-corrected chi connectivity index (χ3v) is 7.64. The summed E-state index contributed by atoms with van der Waals surface area (Å²) in [5.41, 5.74) is 8.51. The molecule has 2 atom stereocenters. The Balaban J connectivity index is 2.66. The van der Waals surface area contributed by atoms with Crippen LogP contribution in [0.2, 0.25) is 0 Å². The molecule has 0 N–H and O–H groups in total. The number of ether oxygens (including phenoxy) is 1. The van der Waals surface area contributed by atoms with Gasteiger partial charge in [0, 0.05) is 0 Å². The summed E-state index contributed by atoms with van der Waals surface area (Å²) < 4.78 is 5.66. The highest BCUT2D eigenvalue weighted by Crippen LogP contribution is 2.35. The van der Waals surface area contributed by atoms with Crippen molar-refractivity contribution in [3.8, 4) is 0 Å². The van der Waals surface area contributed by atoms with Crippen LogP contribution in [0.25, 0.3) is 0 Å². The summed E-state index contributed by atoms with van der Waals surface area (Å²) in [5, 5.41) is 0. The number of carbonyl (C=O) groups is 1. The maximum Gasteiger partial charge on any atom is 0.309 e. The number of hydrogen-bond acceptors (Lipinski definition) is 2. The lowest BCUT2D eigenvalue weighted by Gasteiger charge is -2.28. The van der Waals surface area contributed by atoms with Crippen molar-refractivity contribution in [2.45, 2.75) is 138 Å². The summed E-state index contributed by atoms with van der Waals surface area (Å²) in [6.07, 6.45) is 26.6. The molecule has 0 saturated heterocycles. The molecule has 39 heavy (non-hydrogen) atoms. The summed E-state index contributed by atoms with van der Waals surface area (Å²) in [5.74, 6) is 0.465. The molecule has 0 unspecified atom stereocenters. The van der Waals surface area contributed by atoms with Crippen molar-refractivity contribution in [1.82, 2.24) is 0 Å². The number of hydrogen-bond donors (Lipinski definition) is 0. The van der Waals surface area contributed by atoms with Crippen LogP contribution in [-0.4, -0.2) is 12.6 Å². The third-order valence-electron chi connectivity index (χ3n) is 7.64. The number of unbranched alkanes of at least 4 members (excludes halogenated alkanes) is 1. The molecule has 1 aliphatic rings. The first-order valence-corrected chi connectivity index (χ1v) is 15.7. The molecule has 0 radical (unpaired) electrons. The number of esters is 1. The van der Waals surface area contributed by atoms with Gasteiger partial charge < -0.3 is 4.74 Å². The first kappa shape index (κ1) is 34.9. The molecule has 1 rings (SSSR count). The zero-order valence-corrected chi connectivity index (χ0v) is 26.7. The average molecular weight is 537 g/mol. The van der Waals surface area contributed by atoms with Gasteiger partial charge in [0.2, 0.25) is 0 Å². The van der Waals surface area contributed by atoms with E-state index in [9.17, 15) is 4.79 Å². The van der Waals surface area contributed by atoms with Crippen LogP contribution < -0.4 is 0 Å². The summed E-state index contributed by atoms with van der Waals surface area (Å²) in [6, 6.07) is 0. The summed E-state index contributed by atoms with van der Waals surface area (Å²) >= 11 is 0. The molecule has 0 bridgehead atoms. The molecule has 1 aliphatic carbocycles. The molecule has 0 fully saturated rings. The van der Waals surface area contributed by atoms with E-state index < -0.39 is 0 Å². The third kappa shape index (κ3) is 18.0. The van der Waals surface area contributed by atoms with Gasteiger partial charge in [-0.15, -0.1) is 0 Å². The molecule has 0 aromatic carbocycles. The number of carbonyl (C=O) groups excluding carboxylic acids is 1. The van der Waals surface area contributed by atoms with Crippen LogP contribution in [0.3, 0.4) is 0 Å². The Labute approximate surface area is 242 Å². The molecule has 0 saturated carbocycles. The lowest BCUT2D eigenvalue weighted by molar-refractivity contribution is -0.149. The summed E-state index contributed by atoms with van der Waals surface area (Å²) in [4.78, 5) is 12.9. The second kappa shape index (κ2) is 20.8. The smallest absolute Gasteiger partial charge is 0.309 e. The lowest BCUT2D eigenvalue weighted by atomic mass is 9.78. The Bertz CT molecular complexity index is 884. The van der Waals surface area contributed by atoms with E-state index in [0.29, 0.717) is 12.5 Å². The van der Waals surface area contributed by atoms with Crippen LogP contribution in [-0.2, 0) is 9.53 Å². The fourth-order valence-electron chi connectivity index (χ4n) is 5.16. The van der Waals surface area contributed by atoms with Crippen molar-refractivity contribution in [2.75, 3.05) is 6.61 Å². The van der Waals surface area contributed by atoms with Gasteiger partial charge in [0.25, 0.3) is 0 Å². The molecule has 0 aliphatic heterocycles. The van der Waals surface area contributed by atoms with Crippen LogP contribution in [0, 0.1) is 11.8 Å². The van der Waals surface area contributed by atoms with Gasteiger partial charge in [0.1, 0.15) is 0 Å². The average Bonchev–Trinajstić information content (AvgIpc) is 2.87. The maximum atomic E-state index is 12.9. The van der Waals surface area contributed by atoms with Crippen molar-refractivity contribution < 1.29 is 9.53 Å². The molecule has 0 amide bonds. The topological polar surface area (TPSA) is 26.3 Å². The molecular formula is C37H60O2. The second-order valence-electron chi connectivity index (χ2n) is 12.4. The molecule has 220 valence electrons. The molecule has 0 heterocycles. The second-order valence-corrected chi connectivity index (χ2v) is 12.4. The van der Waals surface area contributed by atoms with E-state index in [-0.39, 0.29) is 11.9 Å². The van der Waals surface area contributed by atoms with Gasteiger partial charge in [-0.2, -0.15) is 0 Å². The molecule has 0 aromatic rings. The van der Waals surface area contributed by atoms with E-state index in [1.165, 1.54) is 33.4 Å². The normalized spacial score (nSPS) is 17.9. The van der Waals surface area contributed by atoms with Crippen molar-refractivity contribution in [1.29, 1.82) is 0 Å². The van der Waals surface area contributed by atoms with E-state index in [2.05, 4.69) is 85.4 Å². The fourth-order valence-corrected chi connectivity index (χ4v) is 5.16. The highest BCUT2D eigenvalue weighted by molar-refractivity contribution is 5.73. The van der Waals surface area contributed by atoms with Crippen LogP contribution >= 0.6 is 0 Å². The first-order chi connectivity index (χ1) is 18.6. The van der Waals surface area contributed by atoms with Crippen molar-refractivity contribution in [3.05, 3.63) is 70.4 Å². The van der Waals surface area contributed by atoms with Gasteiger partial charge in [0.05, 0.1) is 12.5 Å². The van der Waals surface area contributed by atoms with Gasteiger partial charge in [0.15, 0.2) is 0 Å². The largest absolute Gasteiger partial charge is 0.465 e. The number of allylic oxidation sites excluding steroid dienone is 11. The molecule has 0 spiro atoms. The zero-order valence-electron chi connectivity index (χ0n) is 26.7. The van der Waals surface area contributed by atoms with E-state index in [4.69, 9.17) is 4.74 Å². The van der Waals surface area contributed by atoms with Gasteiger partial charge in [-0.3, -0.25) is 4.79 Å². The quantitative estimate of drug-likeness (QED) is 0.0932. The minimum atomic E-state index is 0.00857. The predicted octanol–water partition coefficient (Wildman–Crippen LogP) is 11.6. The van der Waals surface area contributed by atoms with E-state index in [1.54, 1.807) is 0 Å². The molecular weight excluding hydrogens is 476 g/mol. The Morgan fingerprint density at radius 2 is 1.46 bits per heavy atom. The van der Waals surface area contributed by atoms with E-state index in [0.717, 1.165) is 89.9 Å². The molecule has 2 heteroatoms. The zero-order chi connectivity index (χ0) is 29.0. The molecule has 0 aromatic heterocycles. The van der Waals surface area contributed by atoms with E-state index >= 15 is 0 Å².